The summed E-state index contributed by atoms with van der Waals surface area (Å²) in [6.45, 7) is 7.44. The highest BCUT2D eigenvalue weighted by Gasteiger charge is 2.57. The molecule has 2 aliphatic heterocycles. The standard InChI is InChI=1S/C19H27N7O/c1-2-26-16(11-24-8-5-20-12-24)22-23-18(26)13-3-6-25(7-4-13)19(27)17-14-9-21-10-15(14)17/h5,8,12-15,17,21H,2-4,6-7,9-11H2,1H3/t14-,15+,17?. The lowest BCUT2D eigenvalue weighted by atomic mass is 9.95. The molecule has 3 aliphatic rings. The molecule has 27 heavy (non-hydrogen) atoms. The third-order valence-electron chi connectivity index (χ3n) is 6.60. The minimum Gasteiger partial charge on any atom is -0.342 e. The van der Waals surface area contributed by atoms with Crippen molar-refractivity contribution in [1.29, 1.82) is 0 Å². The van der Waals surface area contributed by atoms with Crippen LogP contribution < -0.4 is 5.32 Å². The number of aromatic nitrogens is 5. The second-order valence-corrected chi connectivity index (χ2v) is 8.07. The SMILES string of the molecule is CCn1c(Cn2ccnc2)nnc1C1CCN(C(=O)C2[C@H]3CNC[C@@H]23)CC1. The largest absolute Gasteiger partial charge is 0.342 e. The fourth-order valence-electron chi connectivity index (χ4n) is 5.01. The van der Waals surface area contributed by atoms with Crippen LogP contribution in [0, 0.1) is 17.8 Å². The molecule has 3 fully saturated rings. The maximum atomic E-state index is 12.8. The van der Waals surface area contributed by atoms with Gasteiger partial charge in [-0.1, -0.05) is 0 Å². The first-order chi connectivity index (χ1) is 13.3. The normalized spacial score (nSPS) is 27.7. The number of hydrogen-bond acceptors (Lipinski definition) is 5. The zero-order chi connectivity index (χ0) is 18.4. The van der Waals surface area contributed by atoms with Gasteiger partial charge in [-0.2, -0.15) is 0 Å². The van der Waals surface area contributed by atoms with E-state index in [0.717, 1.165) is 57.2 Å². The van der Waals surface area contributed by atoms with E-state index in [1.807, 2.05) is 10.8 Å². The zero-order valence-corrected chi connectivity index (χ0v) is 15.8. The summed E-state index contributed by atoms with van der Waals surface area (Å²) >= 11 is 0. The molecule has 5 rings (SSSR count). The van der Waals surface area contributed by atoms with E-state index in [0.29, 0.717) is 36.1 Å². The Balaban J connectivity index is 1.23. The first-order valence-electron chi connectivity index (χ1n) is 10.1. The molecule has 0 spiro atoms. The van der Waals surface area contributed by atoms with E-state index < -0.39 is 0 Å². The molecule has 0 aromatic carbocycles. The van der Waals surface area contributed by atoms with Gasteiger partial charge in [-0.25, -0.2) is 4.98 Å². The molecule has 1 unspecified atom stereocenters. The molecule has 144 valence electrons. The molecule has 3 atom stereocenters. The topological polar surface area (TPSA) is 80.9 Å². The Hall–Kier alpha value is -2.22. The fourth-order valence-corrected chi connectivity index (χ4v) is 5.01. The second kappa shape index (κ2) is 6.74. The summed E-state index contributed by atoms with van der Waals surface area (Å²) in [6, 6.07) is 0. The molecule has 1 amide bonds. The van der Waals surface area contributed by atoms with Crippen molar-refractivity contribution in [2.75, 3.05) is 26.2 Å². The van der Waals surface area contributed by atoms with Crippen LogP contribution in [0.3, 0.4) is 0 Å². The van der Waals surface area contributed by atoms with E-state index >= 15 is 0 Å². The predicted octanol–water partition coefficient (Wildman–Crippen LogP) is 0.714. The van der Waals surface area contributed by atoms with E-state index in [1.54, 1.807) is 12.5 Å². The number of fused-ring (bicyclic) bond motifs is 1. The fraction of sp³-hybridized carbons (Fsp3) is 0.684. The second-order valence-electron chi connectivity index (χ2n) is 8.07. The van der Waals surface area contributed by atoms with Gasteiger partial charge in [0.25, 0.3) is 0 Å². The van der Waals surface area contributed by atoms with Crippen molar-refractivity contribution < 1.29 is 4.79 Å². The smallest absolute Gasteiger partial charge is 0.226 e. The number of nitrogens with zero attached hydrogens (tertiary/aromatic N) is 6. The van der Waals surface area contributed by atoms with E-state index in [9.17, 15) is 4.79 Å². The van der Waals surface area contributed by atoms with E-state index in [4.69, 9.17) is 0 Å². The van der Waals surface area contributed by atoms with Gasteiger partial charge < -0.3 is 19.4 Å². The quantitative estimate of drug-likeness (QED) is 0.840. The highest BCUT2D eigenvalue weighted by atomic mass is 16.2. The molecular formula is C19H27N7O. The first-order valence-corrected chi connectivity index (χ1v) is 10.1. The van der Waals surface area contributed by atoms with Crippen LogP contribution in [0.1, 0.15) is 37.3 Å². The molecule has 0 radical (unpaired) electrons. The van der Waals surface area contributed by atoms with Crippen LogP contribution in [0.25, 0.3) is 0 Å². The van der Waals surface area contributed by atoms with Crippen LogP contribution in [0.15, 0.2) is 18.7 Å². The minimum atomic E-state index is 0.295. The van der Waals surface area contributed by atoms with Crippen LogP contribution in [-0.4, -0.2) is 61.3 Å². The number of likely N-dealkylation sites (tertiary alicyclic amines) is 1. The van der Waals surface area contributed by atoms with Crippen molar-refractivity contribution in [1.82, 2.24) is 34.5 Å². The van der Waals surface area contributed by atoms with Crippen molar-refractivity contribution in [3.63, 3.8) is 0 Å². The molecule has 2 aromatic rings. The van der Waals surface area contributed by atoms with Crippen LogP contribution in [-0.2, 0) is 17.9 Å². The Kier molecular flexibility index (Phi) is 4.22. The van der Waals surface area contributed by atoms with E-state index in [-0.39, 0.29) is 0 Å². The number of nitrogens with one attached hydrogen (secondary N) is 1. The zero-order valence-electron chi connectivity index (χ0n) is 15.8. The van der Waals surface area contributed by atoms with Crippen molar-refractivity contribution in [2.24, 2.45) is 17.8 Å². The summed E-state index contributed by atoms with van der Waals surface area (Å²) in [4.78, 5) is 19.0. The number of carbonyl (C=O) groups is 1. The van der Waals surface area contributed by atoms with Gasteiger partial charge in [0.2, 0.25) is 5.91 Å². The van der Waals surface area contributed by atoms with Gasteiger partial charge >= 0.3 is 0 Å². The van der Waals surface area contributed by atoms with Crippen LogP contribution >= 0.6 is 0 Å². The molecule has 8 heteroatoms. The summed E-state index contributed by atoms with van der Waals surface area (Å²) in [5, 5.41) is 12.3. The molecular weight excluding hydrogens is 342 g/mol. The summed E-state index contributed by atoms with van der Waals surface area (Å²) in [7, 11) is 0. The van der Waals surface area contributed by atoms with Crippen LogP contribution in [0.5, 0.6) is 0 Å². The molecule has 8 nitrogen and oxygen atoms in total. The third kappa shape index (κ3) is 2.96. The molecule has 2 aromatic heterocycles. The first kappa shape index (κ1) is 16.9. The van der Waals surface area contributed by atoms with Gasteiger partial charge in [-0.3, -0.25) is 4.79 Å². The minimum absolute atomic E-state index is 0.295. The number of rotatable bonds is 5. The summed E-state index contributed by atoms with van der Waals surface area (Å²) in [6.07, 6.45) is 7.50. The van der Waals surface area contributed by atoms with E-state index in [2.05, 4.69) is 36.9 Å². The summed E-state index contributed by atoms with van der Waals surface area (Å²) in [5.74, 6) is 4.33. The van der Waals surface area contributed by atoms with Gasteiger partial charge in [0.1, 0.15) is 5.82 Å². The van der Waals surface area contributed by atoms with Gasteiger partial charge in [-0.15, -0.1) is 10.2 Å². The van der Waals surface area contributed by atoms with Crippen molar-refractivity contribution >= 4 is 5.91 Å². The Labute approximate surface area is 159 Å². The highest BCUT2D eigenvalue weighted by Crippen LogP contribution is 2.50. The average molecular weight is 369 g/mol. The molecule has 1 aliphatic carbocycles. The van der Waals surface area contributed by atoms with E-state index in [1.165, 1.54) is 0 Å². The third-order valence-corrected chi connectivity index (χ3v) is 6.60. The Morgan fingerprint density at radius 3 is 2.67 bits per heavy atom. The van der Waals surface area contributed by atoms with Gasteiger partial charge in [0, 0.05) is 43.9 Å². The number of amides is 1. The Bertz CT molecular complexity index is 796. The lowest BCUT2D eigenvalue weighted by Crippen LogP contribution is -2.40. The molecule has 1 saturated carbocycles. The Morgan fingerprint density at radius 1 is 1.22 bits per heavy atom. The number of carbonyl (C=O) groups excluding carboxylic acids is 1. The number of piperidine rings is 2. The van der Waals surface area contributed by atoms with Gasteiger partial charge in [0.05, 0.1) is 12.9 Å². The van der Waals surface area contributed by atoms with Crippen molar-refractivity contribution in [3.05, 3.63) is 30.4 Å². The molecule has 0 bridgehead atoms. The average Bonchev–Trinajstić information content (AvgIpc) is 3.19. The maximum absolute atomic E-state index is 12.8. The lowest BCUT2D eigenvalue weighted by Gasteiger charge is -2.32. The Morgan fingerprint density at radius 2 is 2.00 bits per heavy atom. The maximum Gasteiger partial charge on any atom is 0.226 e. The molecule has 4 heterocycles. The summed E-state index contributed by atoms with van der Waals surface area (Å²) in [5.41, 5.74) is 0. The van der Waals surface area contributed by atoms with Crippen molar-refractivity contribution in [3.8, 4) is 0 Å². The van der Waals surface area contributed by atoms with Crippen molar-refractivity contribution in [2.45, 2.75) is 38.8 Å². The van der Waals surface area contributed by atoms with Gasteiger partial charge in [0.15, 0.2) is 5.82 Å². The molecule has 1 N–H and O–H groups in total. The highest BCUT2D eigenvalue weighted by molar-refractivity contribution is 5.82. The monoisotopic (exact) mass is 369 g/mol. The van der Waals surface area contributed by atoms with Crippen LogP contribution in [0.2, 0.25) is 0 Å². The number of hydrogen-bond donors (Lipinski definition) is 1. The van der Waals surface area contributed by atoms with Crippen LogP contribution in [0.4, 0.5) is 0 Å². The predicted molar refractivity (Wildman–Crippen MR) is 98.9 cm³/mol. The summed E-state index contributed by atoms with van der Waals surface area (Å²) < 4.78 is 4.25. The number of imidazole rings is 1. The van der Waals surface area contributed by atoms with Gasteiger partial charge in [-0.05, 0) is 44.7 Å². The lowest BCUT2D eigenvalue weighted by molar-refractivity contribution is -0.134. The molecule has 2 saturated heterocycles.